The number of benzene rings is 2. The van der Waals surface area contributed by atoms with E-state index in [1.165, 1.54) is 12.1 Å². The topological polar surface area (TPSA) is 75.4 Å². The van der Waals surface area contributed by atoms with Crippen LogP contribution in [0.3, 0.4) is 0 Å². The first-order valence-corrected chi connectivity index (χ1v) is 12.0. The first kappa shape index (κ1) is 23.7. The molecule has 1 fully saturated rings. The van der Waals surface area contributed by atoms with Crippen molar-refractivity contribution < 1.29 is 30.5 Å². The average molecular weight is 486 g/mol. The zero-order valence-electron chi connectivity index (χ0n) is 17.6. The second-order valence-corrected chi connectivity index (χ2v) is 9.97. The van der Waals surface area contributed by atoms with E-state index >= 15 is 0 Å². The van der Waals surface area contributed by atoms with E-state index < -0.39 is 26.7 Å². The van der Waals surface area contributed by atoms with Crippen LogP contribution in [-0.2, 0) is 22.6 Å². The van der Waals surface area contributed by atoms with E-state index in [0.717, 1.165) is 55.2 Å². The molecular weight excluding hydrogens is 462 g/mol. The minimum Gasteiger partial charge on any atom is -0.356 e. The average Bonchev–Trinajstić information content (AvgIpc) is 3.39. The molecule has 6 nitrogen and oxygen atoms in total. The molecule has 1 unspecified atom stereocenters. The van der Waals surface area contributed by atoms with Crippen LogP contribution >= 0.6 is 0 Å². The van der Waals surface area contributed by atoms with Crippen LogP contribution in [0.2, 0.25) is 0 Å². The van der Waals surface area contributed by atoms with E-state index in [2.05, 4.69) is 14.8 Å². The van der Waals surface area contributed by atoms with Crippen LogP contribution in [0.5, 0.6) is 0 Å². The van der Waals surface area contributed by atoms with Crippen LogP contribution in [0, 0.1) is 11.7 Å². The van der Waals surface area contributed by atoms with Gasteiger partial charge in [0.15, 0.2) is 5.58 Å². The third-order valence-corrected chi connectivity index (χ3v) is 7.22. The number of aryl methyl sites for hydroxylation is 1. The summed E-state index contributed by atoms with van der Waals surface area (Å²) in [4.78, 5) is 1.82. The molecule has 33 heavy (non-hydrogen) atoms. The summed E-state index contributed by atoms with van der Waals surface area (Å²) in [6.45, 7) is 2.44. The fraction of sp³-hybridized carbons (Fsp3) is 0.409. The number of hydrogen-bond acceptors (Lipinski definition) is 5. The van der Waals surface area contributed by atoms with Gasteiger partial charge in [0.2, 0.25) is 10.0 Å². The van der Waals surface area contributed by atoms with Gasteiger partial charge in [0.1, 0.15) is 5.82 Å². The highest BCUT2D eigenvalue weighted by Gasteiger charge is 2.32. The fourth-order valence-corrected chi connectivity index (χ4v) is 5.21. The zero-order valence-corrected chi connectivity index (χ0v) is 18.4. The van der Waals surface area contributed by atoms with Gasteiger partial charge in [-0.2, -0.15) is 13.2 Å². The number of halogens is 4. The fourth-order valence-electron chi connectivity index (χ4n) is 4.05. The largest absolute Gasteiger partial charge is 0.416 e. The molecule has 1 aliphatic rings. The molecule has 0 bridgehead atoms. The van der Waals surface area contributed by atoms with Gasteiger partial charge in [-0.25, -0.2) is 17.5 Å². The number of sulfonamides is 1. The number of hydrogen-bond donors (Lipinski definition) is 1. The van der Waals surface area contributed by atoms with Crippen molar-refractivity contribution in [3.8, 4) is 0 Å². The minimum absolute atomic E-state index is 0.0708. The van der Waals surface area contributed by atoms with Crippen molar-refractivity contribution in [3.05, 3.63) is 59.5 Å². The molecule has 1 aliphatic heterocycles. The van der Waals surface area contributed by atoms with Crippen molar-refractivity contribution >= 4 is 21.0 Å². The quantitative estimate of drug-likeness (QED) is 0.484. The van der Waals surface area contributed by atoms with Crippen LogP contribution < -0.4 is 4.72 Å². The van der Waals surface area contributed by atoms with Gasteiger partial charge < -0.3 is 9.42 Å². The summed E-state index contributed by atoms with van der Waals surface area (Å²) in [5, 5.41) is 4.81. The van der Waals surface area contributed by atoms with E-state index in [-0.39, 0.29) is 18.3 Å². The number of aromatic nitrogens is 1. The molecule has 0 spiro atoms. The summed E-state index contributed by atoms with van der Waals surface area (Å²) >= 11 is 0. The number of alkyl halides is 3. The van der Waals surface area contributed by atoms with E-state index in [1.807, 2.05) is 0 Å². The monoisotopic (exact) mass is 485 g/mol. The van der Waals surface area contributed by atoms with Gasteiger partial charge in [-0.1, -0.05) is 11.2 Å². The van der Waals surface area contributed by atoms with Gasteiger partial charge in [0, 0.05) is 24.5 Å². The maximum Gasteiger partial charge on any atom is 0.416 e. The van der Waals surface area contributed by atoms with Crippen molar-refractivity contribution in [1.29, 1.82) is 0 Å². The van der Waals surface area contributed by atoms with Crippen molar-refractivity contribution in [2.45, 2.75) is 30.3 Å². The SMILES string of the molecule is O=S(=O)(NCC1CCN(CCCc2noc3cc(F)ccc23)C1)c1cccc(C(F)(F)F)c1. The molecule has 0 aliphatic carbocycles. The van der Waals surface area contributed by atoms with Crippen molar-refractivity contribution in [1.82, 2.24) is 14.8 Å². The van der Waals surface area contributed by atoms with E-state index in [0.29, 0.717) is 24.6 Å². The van der Waals surface area contributed by atoms with Gasteiger partial charge in [-0.15, -0.1) is 0 Å². The highest BCUT2D eigenvalue weighted by atomic mass is 32.2. The van der Waals surface area contributed by atoms with Gasteiger partial charge >= 0.3 is 6.18 Å². The molecule has 11 heteroatoms. The van der Waals surface area contributed by atoms with E-state index in [1.54, 1.807) is 6.07 Å². The lowest BCUT2D eigenvalue weighted by atomic mass is 10.1. The molecule has 2 heterocycles. The first-order valence-electron chi connectivity index (χ1n) is 10.5. The van der Waals surface area contributed by atoms with E-state index in [9.17, 15) is 26.0 Å². The van der Waals surface area contributed by atoms with Crippen molar-refractivity contribution in [2.24, 2.45) is 5.92 Å². The highest BCUT2D eigenvalue weighted by molar-refractivity contribution is 7.89. The molecule has 2 aromatic carbocycles. The Morgan fingerprint density at radius 3 is 2.79 bits per heavy atom. The molecule has 178 valence electrons. The second kappa shape index (κ2) is 9.40. The Morgan fingerprint density at radius 1 is 1.18 bits per heavy atom. The first-order chi connectivity index (χ1) is 15.6. The van der Waals surface area contributed by atoms with Gasteiger partial charge in [0.05, 0.1) is 16.2 Å². The highest BCUT2D eigenvalue weighted by Crippen LogP contribution is 2.30. The van der Waals surface area contributed by atoms with Crippen molar-refractivity contribution in [2.75, 3.05) is 26.2 Å². The number of rotatable bonds is 8. The van der Waals surface area contributed by atoms with Crippen molar-refractivity contribution in [3.63, 3.8) is 0 Å². The molecule has 1 aromatic heterocycles. The van der Waals surface area contributed by atoms with Gasteiger partial charge in [-0.05, 0) is 68.6 Å². The lowest BCUT2D eigenvalue weighted by Gasteiger charge is -2.16. The summed E-state index contributed by atoms with van der Waals surface area (Å²) in [5.74, 6) is -0.307. The molecule has 1 atom stereocenters. The molecular formula is C22H23F4N3O3S. The van der Waals surface area contributed by atoms with Crippen LogP contribution in [0.4, 0.5) is 17.6 Å². The number of fused-ring (bicyclic) bond motifs is 1. The van der Waals surface area contributed by atoms with Crippen LogP contribution in [0.25, 0.3) is 11.0 Å². The normalized spacial score (nSPS) is 17.8. The Hall–Kier alpha value is -2.50. The Bertz CT molecular complexity index is 1230. The molecule has 4 rings (SSSR count). The lowest BCUT2D eigenvalue weighted by molar-refractivity contribution is -0.137. The maximum atomic E-state index is 13.3. The molecule has 3 aromatic rings. The molecule has 0 amide bonds. The number of likely N-dealkylation sites (tertiary alicyclic amines) is 1. The summed E-state index contributed by atoms with van der Waals surface area (Å²) in [5.41, 5.74) is 0.191. The minimum atomic E-state index is -4.61. The smallest absolute Gasteiger partial charge is 0.356 e. The molecule has 1 saturated heterocycles. The Labute approximate surface area is 188 Å². The van der Waals surface area contributed by atoms with Gasteiger partial charge in [-0.3, -0.25) is 0 Å². The summed E-state index contributed by atoms with van der Waals surface area (Å²) in [6, 6.07) is 8.05. The number of nitrogens with zero attached hydrogens (tertiary/aromatic N) is 2. The van der Waals surface area contributed by atoms with Crippen LogP contribution in [-0.4, -0.2) is 44.7 Å². The Kier molecular flexibility index (Phi) is 6.73. The summed E-state index contributed by atoms with van der Waals surface area (Å²) < 4.78 is 84.4. The zero-order chi connectivity index (χ0) is 23.6. The van der Waals surface area contributed by atoms with Crippen LogP contribution in [0.15, 0.2) is 51.9 Å². The third-order valence-electron chi connectivity index (χ3n) is 5.80. The van der Waals surface area contributed by atoms with Gasteiger partial charge in [0.25, 0.3) is 0 Å². The number of nitrogens with one attached hydrogen (secondary N) is 1. The summed E-state index contributed by atoms with van der Waals surface area (Å²) in [7, 11) is -4.03. The predicted octanol–water partition coefficient (Wildman–Crippen LogP) is 4.22. The van der Waals surface area contributed by atoms with E-state index in [4.69, 9.17) is 4.52 Å². The predicted molar refractivity (Wildman–Crippen MR) is 113 cm³/mol. The molecule has 1 N–H and O–H groups in total. The second-order valence-electron chi connectivity index (χ2n) is 8.21. The standard InChI is InChI=1S/C22H23F4N3O3S/c23-17-6-7-19-20(28-32-21(19)12-17)5-2-9-29-10-8-15(14-29)13-27-33(30,31)18-4-1-3-16(11-18)22(24,25)26/h1,3-4,6-7,11-12,15,27H,2,5,8-10,13-14H2. The Balaban J connectivity index is 1.25. The summed E-state index contributed by atoms with van der Waals surface area (Å²) in [6.07, 6.45) is -2.34. The molecule has 0 saturated carbocycles. The molecule has 0 radical (unpaired) electrons. The Morgan fingerprint density at radius 2 is 2.00 bits per heavy atom. The maximum absolute atomic E-state index is 13.3. The lowest BCUT2D eigenvalue weighted by Crippen LogP contribution is -2.31. The van der Waals surface area contributed by atoms with Crippen LogP contribution in [0.1, 0.15) is 24.1 Å². The third kappa shape index (κ3) is 5.71.